The molecule has 9 nitrogen and oxygen atoms in total. The van der Waals surface area contributed by atoms with Crippen molar-refractivity contribution in [2.75, 3.05) is 18.1 Å². The van der Waals surface area contributed by atoms with Crippen molar-refractivity contribution >= 4 is 39.3 Å². The molecule has 5 rings (SSSR count). The number of carbonyl (C=O) groups is 2. The van der Waals surface area contributed by atoms with Crippen LogP contribution in [0.3, 0.4) is 0 Å². The maximum absolute atomic E-state index is 13.1. The highest BCUT2D eigenvalue weighted by atomic mass is 32.2. The fourth-order valence-corrected chi connectivity index (χ4v) is 5.76. The van der Waals surface area contributed by atoms with Crippen molar-refractivity contribution in [3.8, 4) is 0 Å². The van der Waals surface area contributed by atoms with Gasteiger partial charge in [0.1, 0.15) is 11.3 Å². The fourth-order valence-electron chi connectivity index (χ4n) is 3.91. The van der Waals surface area contributed by atoms with E-state index in [9.17, 15) is 14.1 Å². The van der Waals surface area contributed by atoms with Gasteiger partial charge in [0.05, 0.1) is 11.6 Å². The van der Waals surface area contributed by atoms with Gasteiger partial charge in [-0.15, -0.1) is 11.3 Å². The summed E-state index contributed by atoms with van der Waals surface area (Å²) in [5, 5.41) is 18.7. The standard InChI is InChI=1S/C19H24N6O3S2/c1-30(28)19-22-23-24-25(19)12-6-7-14-13(8-12)15(17(27)20-9-10-2-3-10)18(29-14)21-16(26)11-4-5-11/h10-12H,2-9H2,1H3,(H,20,27)(H,21,26)/t12?,30-/m0/s1. The molecule has 3 aliphatic rings. The smallest absolute Gasteiger partial charge is 0.361 e. The lowest BCUT2D eigenvalue weighted by Crippen LogP contribution is -2.29. The molecule has 2 N–H and O–H groups in total. The highest BCUT2D eigenvalue weighted by molar-refractivity contribution is 7.90. The minimum Gasteiger partial charge on any atom is -0.609 e. The van der Waals surface area contributed by atoms with Crippen LogP contribution in [0.1, 0.15) is 58.9 Å². The summed E-state index contributed by atoms with van der Waals surface area (Å²) >= 11 is 0.218. The molecule has 3 aliphatic carbocycles. The van der Waals surface area contributed by atoms with Gasteiger partial charge in [0.2, 0.25) is 5.91 Å². The van der Waals surface area contributed by atoms with E-state index in [0.717, 1.165) is 49.0 Å². The second kappa shape index (κ2) is 7.93. The minimum atomic E-state index is -1.29. The lowest BCUT2D eigenvalue weighted by atomic mass is 9.91. The van der Waals surface area contributed by atoms with E-state index >= 15 is 0 Å². The van der Waals surface area contributed by atoms with Gasteiger partial charge in [0.25, 0.3) is 5.91 Å². The van der Waals surface area contributed by atoms with Crippen molar-refractivity contribution in [2.24, 2.45) is 11.8 Å². The summed E-state index contributed by atoms with van der Waals surface area (Å²) in [6.07, 6.45) is 7.84. The van der Waals surface area contributed by atoms with E-state index < -0.39 is 11.2 Å². The lowest BCUT2D eigenvalue weighted by Gasteiger charge is -2.23. The van der Waals surface area contributed by atoms with Gasteiger partial charge in [0.15, 0.2) is 0 Å². The molecule has 0 saturated heterocycles. The van der Waals surface area contributed by atoms with Crippen molar-refractivity contribution in [3.63, 3.8) is 0 Å². The molecular formula is C19H24N6O3S2. The number of aryl methyl sites for hydroxylation is 1. The Morgan fingerprint density at radius 2 is 2.07 bits per heavy atom. The molecule has 2 aromatic heterocycles. The molecule has 2 saturated carbocycles. The number of rotatable bonds is 7. The number of tetrazole rings is 1. The predicted octanol–water partition coefficient (Wildman–Crippen LogP) is 1.69. The topological polar surface area (TPSA) is 125 Å². The van der Waals surface area contributed by atoms with Gasteiger partial charge >= 0.3 is 5.16 Å². The van der Waals surface area contributed by atoms with Crippen molar-refractivity contribution in [3.05, 3.63) is 16.0 Å². The van der Waals surface area contributed by atoms with Crippen molar-refractivity contribution in [1.82, 2.24) is 25.5 Å². The Bertz CT molecular complexity index is 979. The van der Waals surface area contributed by atoms with E-state index in [1.807, 2.05) is 0 Å². The number of thiophene rings is 1. The molecule has 2 fully saturated rings. The maximum Gasteiger partial charge on any atom is 0.361 e. The van der Waals surface area contributed by atoms with E-state index in [0.29, 0.717) is 34.6 Å². The van der Waals surface area contributed by atoms with Gasteiger partial charge in [-0.3, -0.25) is 9.59 Å². The summed E-state index contributed by atoms with van der Waals surface area (Å²) in [4.78, 5) is 26.6. The number of fused-ring (bicyclic) bond motifs is 1. The highest BCUT2D eigenvalue weighted by Gasteiger charge is 2.36. The molecule has 0 aromatic carbocycles. The van der Waals surface area contributed by atoms with Gasteiger partial charge in [0, 0.05) is 28.5 Å². The Hall–Kier alpha value is -1.98. The van der Waals surface area contributed by atoms with Crippen LogP contribution in [-0.4, -0.2) is 49.4 Å². The molecule has 1 unspecified atom stereocenters. The Morgan fingerprint density at radius 3 is 2.77 bits per heavy atom. The molecule has 2 aromatic rings. The molecular weight excluding hydrogens is 424 g/mol. The van der Waals surface area contributed by atoms with Gasteiger partial charge in [-0.05, 0) is 66.9 Å². The molecule has 0 radical (unpaired) electrons. The summed E-state index contributed by atoms with van der Waals surface area (Å²) in [5.74, 6) is 0.527. The van der Waals surface area contributed by atoms with Gasteiger partial charge in [-0.2, -0.15) is 4.68 Å². The summed E-state index contributed by atoms with van der Waals surface area (Å²) in [5.41, 5.74) is 1.54. The van der Waals surface area contributed by atoms with Crippen LogP contribution in [0.4, 0.5) is 5.00 Å². The molecule has 0 bridgehead atoms. The first-order valence-electron chi connectivity index (χ1n) is 10.4. The largest absolute Gasteiger partial charge is 0.609 e. The highest BCUT2D eigenvalue weighted by Crippen LogP contribution is 2.42. The van der Waals surface area contributed by atoms with E-state index in [4.69, 9.17) is 0 Å². The molecule has 160 valence electrons. The normalized spacial score (nSPS) is 21.7. The number of hydrogen-bond donors (Lipinski definition) is 2. The van der Waals surface area contributed by atoms with E-state index in [-0.39, 0.29) is 23.8 Å². The number of nitrogens with zero attached hydrogens (tertiary/aromatic N) is 4. The molecule has 0 aliphatic heterocycles. The summed E-state index contributed by atoms with van der Waals surface area (Å²) in [6.45, 7) is 0.675. The van der Waals surface area contributed by atoms with Crippen molar-refractivity contribution in [2.45, 2.75) is 56.1 Å². The zero-order valence-electron chi connectivity index (χ0n) is 16.7. The van der Waals surface area contributed by atoms with Crippen LogP contribution in [-0.2, 0) is 28.8 Å². The third kappa shape index (κ3) is 3.97. The van der Waals surface area contributed by atoms with Crippen LogP contribution in [0.25, 0.3) is 0 Å². The molecule has 2 heterocycles. The monoisotopic (exact) mass is 448 g/mol. The van der Waals surface area contributed by atoms with Crippen molar-refractivity contribution in [1.29, 1.82) is 0 Å². The number of aromatic nitrogens is 4. The van der Waals surface area contributed by atoms with Crippen LogP contribution in [0.15, 0.2) is 5.16 Å². The first-order chi connectivity index (χ1) is 14.5. The average molecular weight is 449 g/mol. The number of amides is 2. The van der Waals surface area contributed by atoms with Crippen LogP contribution >= 0.6 is 11.3 Å². The van der Waals surface area contributed by atoms with Crippen LogP contribution in [0, 0.1) is 11.8 Å². The Kier molecular flexibility index (Phi) is 5.28. The Morgan fingerprint density at radius 1 is 1.27 bits per heavy atom. The van der Waals surface area contributed by atoms with E-state index in [1.54, 1.807) is 10.9 Å². The number of nitrogens with one attached hydrogen (secondary N) is 2. The summed E-state index contributed by atoms with van der Waals surface area (Å²) in [7, 11) is 0. The fraction of sp³-hybridized carbons (Fsp3) is 0.632. The molecule has 2 amide bonds. The SMILES string of the molecule is C[S@+]([O-])c1nnnn1C1CCc2sc(NC(=O)C3CC3)c(C(=O)NCC3CC3)c2C1. The number of hydrogen-bond acceptors (Lipinski definition) is 7. The van der Waals surface area contributed by atoms with E-state index in [1.165, 1.54) is 11.3 Å². The molecule has 30 heavy (non-hydrogen) atoms. The average Bonchev–Trinajstić information content (AvgIpc) is 3.64. The number of carbonyl (C=O) groups excluding carboxylic acids is 2. The minimum absolute atomic E-state index is 0.00512. The summed E-state index contributed by atoms with van der Waals surface area (Å²) < 4.78 is 13.6. The Balaban J connectivity index is 1.44. The second-order valence-electron chi connectivity index (χ2n) is 8.38. The third-order valence-corrected chi connectivity index (χ3v) is 7.95. The molecule has 11 heteroatoms. The van der Waals surface area contributed by atoms with Gasteiger partial charge in [-0.1, -0.05) is 5.10 Å². The first-order valence-corrected chi connectivity index (χ1v) is 12.7. The number of anilines is 1. The van der Waals surface area contributed by atoms with Crippen LogP contribution in [0.2, 0.25) is 0 Å². The molecule has 2 atom stereocenters. The van der Waals surface area contributed by atoms with Crippen LogP contribution < -0.4 is 10.6 Å². The van der Waals surface area contributed by atoms with E-state index in [2.05, 4.69) is 26.2 Å². The zero-order valence-corrected chi connectivity index (χ0v) is 18.4. The third-order valence-electron chi connectivity index (χ3n) is 5.96. The summed E-state index contributed by atoms with van der Waals surface area (Å²) in [6, 6.07) is -0.0667. The van der Waals surface area contributed by atoms with Crippen molar-refractivity contribution < 1.29 is 14.1 Å². The second-order valence-corrected chi connectivity index (χ2v) is 10.8. The first kappa shape index (κ1) is 20.0. The van der Waals surface area contributed by atoms with Gasteiger partial charge < -0.3 is 15.2 Å². The predicted molar refractivity (Wildman–Crippen MR) is 112 cm³/mol. The zero-order chi connectivity index (χ0) is 20.8. The molecule has 0 spiro atoms. The van der Waals surface area contributed by atoms with Gasteiger partial charge in [-0.25, -0.2) is 0 Å². The van der Waals surface area contributed by atoms with Crippen LogP contribution in [0.5, 0.6) is 0 Å². The Labute approximate surface area is 181 Å². The lowest BCUT2D eigenvalue weighted by molar-refractivity contribution is -0.117. The quantitative estimate of drug-likeness (QED) is 0.621. The maximum atomic E-state index is 13.1.